The molecule has 1 N–H and O–H groups in total. The van der Waals surface area contributed by atoms with Crippen LogP contribution >= 0.6 is 0 Å². The number of rotatable bonds is 5. The molecule has 2 aromatic carbocycles. The first-order chi connectivity index (χ1) is 11.8. The largest absolute Gasteiger partial charge is 1.00 e. The Bertz CT molecular complexity index is 824. The summed E-state index contributed by atoms with van der Waals surface area (Å²) in [6.45, 7) is 0. The Morgan fingerprint density at radius 1 is 1.08 bits per heavy atom. The van der Waals surface area contributed by atoms with Crippen LogP contribution in [0, 0.1) is 0 Å². The van der Waals surface area contributed by atoms with E-state index in [4.69, 9.17) is 4.74 Å². The van der Waals surface area contributed by atoms with E-state index in [1.165, 1.54) is 0 Å². The molecule has 3 rings (SSSR count). The fourth-order valence-electron chi connectivity index (χ4n) is 2.43. The van der Waals surface area contributed by atoms with Crippen LogP contribution in [0.15, 0.2) is 72.5 Å². The number of nitrogens with one attached hydrogen (secondary N) is 1. The third kappa shape index (κ3) is 5.03. The minimum atomic E-state index is -0.147. The molecule has 25 heavy (non-hydrogen) atoms. The number of hydrogen-bond donors (Lipinski definition) is 1. The van der Waals surface area contributed by atoms with E-state index >= 15 is 0 Å². The van der Waals surface area contributed by atoms with Crippen LogP contribution < -0.4 is 39.0 Å². The monoisotopic (exact) mass is 445 g/mol. The number of carbonyl (C=O) groups is 1. The second-order valence-electron chi connectivity index (χ2n) is 5.34. The summed E-state index contributed by atoms with van der Waals surface area (Å²) in [7, 11) is 1.60. The molecule has 1 aliphatic heterocycles. The van der Waals surface area contributed by atoms with Crippen molar-refractivity contribution in [3.8, 4) is 5.75 Å². The van der Waals surface area contributed by atoms with Crippen LogP contribution in [0.2, 0.25) is 0 Å². The summed E-state index contributed by atoms with van der Waals surface area (Å²) < 4.78 is 5.11. The van der Waals surface area contributed by atoms with Crippen molar-refractivity contribution in [3.05, 3.63) is 83.6 Å². The van der Waals surface area contributed by atoms with Crippen molar-refractivity contribution in [2.24, 2.45) is 0 Å². The van der Waals surface area contributed by atoms with Gasteiger partial charge in [-0.25, -0.2) is 0 Å². The molecule has 1 amide bonds. The summed E-state index contributed by atoms with van der Waals surface area (Å²) in [5, 5.41) is 2.98. The molecule has 0 unspecified atom stereocenters. The van der Waals surface area contributed by atoms with E-state index in [1.807, 2.05) is 42.5 Å². The summed E-state index contributed by atoms with van der Waals surface area (Å²) in [4.78, 5) is 16.8. The number of allylic oxidation sites excluding steroid dienone is 4. The smallest absolute Gasteiger partial charge is 0.258 e. The SMILES string of the molecule is COc1ccc(C(=O)Nc2ccccc2CC2=CC=CC=[N+]2)cc1.[I-]. The van der Waals surface area contributed by atoms with E-state index in [0.717, 1.165) is 22.7 Å². The average Bonchev–Trinajstić information content (AvgIpc) is 2.64. The average molecular weight is 445 g/mol. The first-order valence-electron chi connectivity index (χ1n) is 7.69. The molecule has 0 fully saturated rings. The Hall–Kier alpha value is -2.41. The summed E-state index contributed by atoms with van der Waals surface area (Å²) in [6, 6.07) is 14.8. The molecule has 0 saturated carbocycles. The number of aliphatic imine (C=N–C) groups is 1. The predicted molar refractivity (Wildman–Crippen MR) is 96.5 cm³/mol. The lowest BCUT2D eigenvalue weighted by molar-refractivity contribution is -0.0000127. The Kier molecular flexibility index (Phi) is 6.94. The van der Waals surface area contributed by atoms with Gasteiger partial charge >= 0.3 is 0 Å². The molecule has 1 aliphatic rings. The molecule has 127 valence electrons. The third-order valence-corrected chi connectivity index (χ3v) is 3.72. The van der Waals surface area contributed by atoms with Gasteiger partial charge in [-0.1, -0.05) is 18.2 Å². The highest BCUT2D eigenvalue weighted by Crippen LogP contribution is 2.20. The fraction of sp³-hybridized carbons (Fsp3) is 0.100. The van der Waals surface area contributed by atoms with E-state index in [9.17, 15) is 4.79 Å². The lowest BCUT2D eigenvalue weighted by Crippen LogP contribution is -3.00. The van der Waals surface area contributed by atoms with Crippen molar-refractivity contribution in [1.29, 1.82) is 0 Å². The van der Waals surface area contributed by atoms with Gasteiger partial charge in [-0.05, 0) is 42.0 Å². The molecule has 0 saturated heterocycles. The number of methoxy groups -OCH3 is 1. The maximum absolute atomic E-state index is 12.5. The Morgan fingerprint density at radius 3 is 2.52 bits per heavy atom. The van der Waals surface area contributed by atoms with Gasteiger partial charge < -0.3 is 34.0 Å². The van der Waals surface area contributed by atoms with Crippen LogP contribution in [0.1, 0.15) is 15.9 Å². The zero-order valence-corrected chi connectivity index (χ0v) is 15.9. The Labute approximate surface area is 164 Å². The predicted octanol–water partition coefficient (Wildman–Crippen LogP) is 0.354. The van der Waals surface area contributed by atoms with Gasteiger partial charge in [-0.15, -0.1) is 0 Å². The number of anilines is 1. The van der Waals surface area contributed by atoms with Crippen LogP contribution in [0.4, 0.5) is 5.69 Å². The van der Waals surface area contributed by atoms with Crippen molar-refractivity contribution in [2.75, 3.05) is 12.4 Å². The quantitative estimate of drug-likeness (QED) is 0.676. The van der Waals surface area contributed by atoms with Gasteiger partial charge in [0.1, 0.15) is 5.75 Å². The van der Waals surface area contributed by atoms with Gasteiger partial charge in [0, 0.05) is 23.4 Å². The Balaban J connectivity index is 0.00000225. The minimum absolute atomic E-state index is 0. The summed E-state index contributed by atoms with van der Waals surface area (Å²) in [6.07, 6.45) is 8.26. The van der Waals surface area contributed by atoms with Crippen molar-refractivity contribution in [3.63, 3.8) is 0 Å². The van der Waals surface area contributed by atoms with Crippen LogP contribution in [0.3, 0.4) is 0 Å². The standard InChI is InChI=1S/C20H18N2O2.HI/c1-24-18-11-9-15(10-12-18)20(23)22-19-8-3-2-6-16(19)14-17-7-4-5-13-21-17;/h2-13H,14H2,1H3,(H,22,23);1H/q+1;/p-1. The van der Waals surface area contributed by atoms with Crippen LogP contribution in [0.25, 0.3) is 0 Å². The van der Waals surface area contributed by atoms with Crippen LogP contribution in [0.5, 0.6) is 5.75 Å². The molecule has 0 atom stereocenters. The number of halogens is 1. The third-order valence-electron chi connectivity index (χ3n) is 3.72. The number of carbonyl (C=O) groups excluding carboxylic acids is 1. The summed E-state index contributed by atoms with van der Waals surface area (Å²) in [5.41, 5.74) is 3.37. The topological polar surface area (TPSA) is 52.4 Å². The fourth-order valence-corrected chi connectivity index (χ4v) is 2.43. The van der Waals surface area contributed by atoms with E-state index in [-0.39, 0.29) is 29.9 Å². The molecule has 0 aliphatic carbocycles. The van der Waals surface area contributed by atoms with Crippen molar-refractivity contribution >= 4 is 17.8 Å². The number of benzene rings is 2. The molecule has 1 heterocycles. The molecular formula is C20H18IN2O2. The molecule has 1 radical (unpaired) electrons. The molecule has 5 heteroatoms. The van der Waals surface area contributed by atoms with Crippen molar-refractivity contribution < 1.29 is 33.5 Å². The van der Waals surface area contributed by atoms with Gasteiger partial charge in [0.2, 0.25) is 6.21 Å². The summed E-state index contributed by atoms with van der Waals surface area (Å²) in [5.74, 6) is 0.577. The number of ether oxygens (including phenoxy) is 1. The van der Waals surface area contributed by atoms with Gasteiger partial charge in [0.15, 0.2) is 0 Å². The lowest BCUT2D eigenvalue weighted by Gasteiger charge is -2.10. The molecular weight excluding hydrogens is 427 g/mol. The number of amides is 1. The molecule has 0 spiro atoms. The van der Waals surface area contributed by atoms with Crippen LogP contribution in [-0.2, 0) is 6.42 Å². The first-order valence-corrected chi connectivity index (χ1v) is 7.69. The summed E-state index contributed by atoms with van der Waals surface area (Å²) >= 11 is 0. The lowest BCUT2D eigenvalue weighted by atomic mass is 10.1. The van der Waals surface area contributed by atoms with Gasteiger partial charge in [-0.2, -0.15) is 0 Å². The second kappa shape index (κ2) is 9.17. The van der Waals surface area contributed by atoms with E-state index in [0.29, 0.717) is 12.0 Å². The van der Waals surface area contributed by atoms with Gasteiger partial charge in [-0.3, -0.25) is 4.79 Å². The highest BCUT2D eigenvalue weighted by molar-refractivity contribution is 6.04. The van der Waals surface area contributed by atoms with E-state index < -0.39 is 0 Å². The number of nitrogens with zero attached hydrogens (tertiary/aromatic N) is 1. The van der Waals surface area contributed by atoms with Crippen molar-refractivity contribution in [2.45, 2.75) is 6.42 Å². The van der Waals surface area contributed by atoms with E-state index in [2.05, 4.69) is 10.3 Å². The molecule has 0 bridgehead atoms. The maximum Gasteiger partial charge on any atom is 0.258 e. The maximum atomic E-state index is 12.5. The first kappa shape index (κ1) is 18.9. The molecule has 4 nitrogen and oxygen atoms in total. The zero-order valence-electron chi connectivity index (χ0n) is 13.8. The van der Waals surface area contributed by atoms with Gasteiger partial charge in [0.05, 0.1) is 18.5 Å². The number of hydrogen-bond acceptors (Lipinski definition) is 3. The number of para-hydroxylation sites is 1. The highest BCUT2D eigenvalue weighted by atomic mass is 127. The highest BCUT2D eigenvalue weighted by Gasteiger charge is 2.14. The Morgan fingerprint density at radius 2 is 1.84 bits per heavy atom. The minimum Gasteiger partial charge on any atom is -1.00 e. The van der Waals surface area contributed by atoms with Crippen LogP contribution in [-0.4, -0.2) is 19.2 Å². The van der Waals surface area contributed by atoms with Gasteiger partial charge in [0.25, 0.3) is 11.6 Å². The van der Waals surface area contributed by atoms with Crippen molar-refractivity contribution in [1.82, 2.24) is 4.99 Å². The second-order valence-corrected chi connectivity index (χ2v) is 5.34. The molecule has 2 aromatic rings. The van der Waals surface area contributed by atoms with E-state index in [1.54, 1.807) is 37.6 Å². The zero-order chi connectivity index (χ0) is 16.8. The normalized spacial score (nSPS) is 12.1. The molecule has 0 aromatic heterocycles.